The Morgan fingerprint density at radius 2 is 1.85 bits per heavy atom. The summed E-state index contributed by atoms with van der Waals surface area (Å²) < 4.78 is 0. The first-order valence-corrected chi connectivity index (χ1v) is 9.91. The van der Waals surface area contributed by atoms with Crippen LogP contribution in [-0.4, -0.2) is 86.0 Å². The summed E-state index contributed by atoms with van der Waals surface area (Å²) in [5.74, 6) is 1.24. The maximum Gasteiger partial charge on any atom is 0.219 e. The van der Waals surface area contributed by atoms with Gasteiger partial charge in [-0.2, -0.15) is 0 Å². The monoisotopic (exact) mass is 479 g/mol. The fourth-order valence-corrected chi connectivity index (χ4v) is 4.25. The Balaban J connectivity index is 0.00000338. The van der Waals surface area contributed by atoms with Crippen molar-refractivity contribution < 1.29 is 4.79 Å². The van der Waals surface area contributed by atoms with Crippen molar-refractivity contribution in [3.05, 3.63) is 0 Å². The summed E-state index contributed by atoms with van der Waals surface area (Å²) >= 11 is 0. The van der Waals surface area contributed by atoms with E-state index in [0.717, 1.165) is 58.3 Å². The van der Waals surface area contributed by atoms with Gasteiger partial charge in [-0.15, -0.1) is 24.0 Å². The van der Waals surface area contributed by atoms with Gasteiger partial charge in [-0.1, -0.05) is 20.3 Å². The normalized spacial score (nSPS) is 25.0. The second kappa shape index (κ2) is 11.3. The van der Waals surface area contributed by atoms with Crippen LogP contribution in [0.3, 0.4) is 0 Å². The van der Waals surface area contributed by atoms with E-state index in [1.165, 1.54) is 25.7 Å². The molecule has 2 fully saturated rings. The quantitative estimate of drug-likeness (QED) is 0.374. The van der Waals surface area contributed by atoms with Gasteiger partial charge in [-0.3, -0.25) is 14.7 Å². The Morgan fingerprint density at radius 1 is 1.15 bits per heavy atom. The van der Waals surface area contributed by atoms with E-state index in [2.05, 4.69) is 34.0 Å². The van der Waals surface area contributed by atoms with Crippen LogP contribution in [0.4, 0.5) is 0 Å². The molecule has 1 atom stereocenters. The minimum absolute atomic E-state index is 0. The Hall–Kier alpha value is -0.570. The van der Waals surface area contributed by atoms with E-state index < -0.39 is 0 Å². The fourth-order valence-electron chi connectivity index (χ4n) is 4.25. The molecule has 0 radical (unpaired) electrons. The fraction of sp³-hybridized carbons (Fsp3) is 0.895. The van der Waals surface area contributed by atoms with Crippen LogP contribution in [0.5, 0.6) is 0 Å². The third-order valence-corrected chi connectivity index (χ3v) is 5.67. The standard InChI is InChI=1S/C19H37N5O.HI/c1-5-7-19(3)8-6-10-24(16-19)18(20-4)21-9-11-22-12-14-23(15-13-22)17(2)25;/h5-16H2,1-4H3,(H,20,21);1H. The number of carbonyl (C=O) groups is 1. The zero-order valence-corrected chi connectivity index (χ0v) is 19.4. The number of likely N-dealkylation sites (tertiary alicyclic amines) is 1. The molecule has 1 amide bonds. The first-order chi connectivity index (χ1) is 12.0. The van der Waals surface area contributed by atoms with Crippen LogP contribution in [0.1, 0.15) is 46.5 Å². The molecular weight excluding hydrogens is 441 g/mol. The van der Waals surface area contributed by atoms with Crippen molar-refractivity contribution in [1.82, 2.24) is 20.0 Å². The number of carbonyl (C=O) groups excluding carboxylic acids is 1. The molecule has 0 spiro atoms. The molecule has 2 heterocycles. The molecule has 26 heavy (non-hydrogen) atoms. The maximum absolute atomic E-state index is 11.4. The van der Waals surface area contributed by atoms with Gasteiger partial charge in [0, 0.05) is 66.3 Å². The highest BCUT2D eigenvalue weighted by molar-refractivity contribution is 14.0. The van der Waals surface area contributed by atoms with Crippen molar-refractivity contribution in [3.63, 3.8) is 0 Å². The molecule has 2 aliphatic heterocycles. The number of piperidine rings is 1. The molecule has 1 unspecified atom stereocenters. The topological polar surface area (TPSA) is 51.2 Å². The number of nitrogens with zero attached hydrogens (tertiary/aromatic N) is 4. The van der Waals surface area contributed by atoms with Gasteiger partial charge >= 0.3 is 0 Å². The van der Waals surface area contributed by atoms with E-state index in [1.807, 2.05) is 11.9 Å². The van der Waals surface area contributed by atoms with Gasteiger partial charge in [0.15, 0.2) is 5.96 Å². The first kappa shape index (κ1) is 23.5. The number of amides is 1. The lowest BCUT2D eigenvalue weighted by Crippen LogP contribution is -2.52. The number of rotatable bonds is 5. The largest absolute Gasteiger partial charge is 0.355 e. The van der Waals surface area contributed by atoms with E-state index in [1.54, 1.807) is 6.92 Å². The van der Waals surface area contributed by atoms with Gasteiger partial charge in [0.05, 0.1) is 0 Å². The van der Waals surface area contributed by atoms with Crippen LogP contribution in [0.2, 0.25) is 0 Å². The minimum Gasteiger partial charge on any atom is -0.355 e. The predicted molar refractivity (Wildman–Crippen MR) is 119 cm³/mol. The summed E-state index contributed by atoms with van der Waals surface area (Å²) in [6.45, 7) is 14.1. The number of hydrogen-bond acceptors (Lipinski definition) is 3. The Morgan fingerprint density at radius 3 is 2.42 bits per heavy atom. The third-order valence-electron chi connectivity index (χ3n) is 5.67. The van der Waals surface area contributed by atoms with Crippen LogP contribution in [0.25, 0.3) is 0 Å². The SMILES string of the molecule is CCCC1(C)CCCN(C(=NC)NCCN2CCN(C(C)=O)CC2)C1.I. The summed E-state index contributed by atoms with van der Waals surface area (Å²) in [6.07, 6.45) is 5.13. The first-order valence-electron chi connectivity index (χ1n) is 9.91. The Labute approximate surface area is 176 Å². The van der Waals surface area contributed by atoms with Crippen molar-refractivity contribution in [2.45, 2.75) is 46.5 Å². The van der Waals surface area contributed by atoms with E-state index in [0.29, 0.717) is 5.41 Å². The lowest BCUT2D eigenvalue weighted by atomic mass is 9.78. The van der Waals surface area contributed by atoms with Crippen molar-refractivity contribution in [2.75, 3.05) is 59.4 Å². The molecule has 0 aliphatic carbocycles. The average molecular weight is 479 g/mol. The van der Waals surface area contributed by atoms with E-state index in [9.17, 15) is 4.79 Å². The van der Waals surface area contributed by atoms with E-state index in [-0.39, 0.29) is 29.9 Å². The summed E-state index contributed by atoms with van der Waals surface area (Å²) in [5, 5.41) is 3.55. The highest BCUT2D eigenvalue weighted by Crippen LogP contribution is 2.33. The summed E-state index contributed by atoms with van der Waals surface area (Å²) in [4.78, 5) is 22.7. The maximum atomic E-state index is 11.4. The summed E-state index contributed by atoms with van der Waals surface area (Å²) in [5.41, 5.74) is 0.424. The van der Waals surface area contributed by atoms with Gasteiger partial charge in [0.1, 0.15) is 0 Å². The smallest absolute Gasteiger partial charge is 0.219 e. The van der Waals surface area contributed by atoms with E-state index >= 15 is 0 Å². The Kier molecular flexibility index (Phi) is 10.2. The predicted octanol–water partition coefficient (Wildman–Crippen LogP) is 2.25. The van der Waals surface area contributed by atoms with Crippen molar-refractivity contribution in [1.29, 1.82) is 0 Å². The Bertz CT molecular complexity index is 461. The molecule has 2 saturated heterocycles. The summed E-state index contributed by atoms with van der Waals surface area (Å²) in [7, 11) is 1.89. The molecule has 6 nitrogen and oxygen atoms in total. The molecule has 0 aromatic rings. The number of hydrogen-bond donors (Lipinski definition) is 1. The number of guanidine groups is 1. The van der Waals surface area contributed by atoms with Crippen molar-refractivity contribution in [3.8, 4) is 0 Å². The number of aliphatic imine (C=N–C) groups is 1. The van der Waals surface area contributed by atoms with Gasteiger partial charge in [-0.05, 0) is 24.7 Å². The lowest BCUT2D eigenvalue weighted by Gasteiger charge is -2.42. The second-order valence-corrected chi connectivity index (χ2v) is 7.91. The molecule has 1 N–H and O–H groups in total. The van der Waals surface area contributed by atoms with Crippen molar-refractivity contribution in [2.24, 2.45) is 10.4 Å². The second-order valence-electron chi connectivity index (χ2n) is 7.91. The third kappa shape index (κ3) is 6.87. The highest BCUT2D eigenvalue weighted by atomic mass is 127. The number of halogens is 1. The van der Waals surface area contributed by atoms with Crippen LogP contribution >= 0.6 is 24.0 Å². The van der Waals surface area contributed by atoms with Gasteiger partial charge in [0.2, 0.25) is 5.91 Å². The number of piperazine rings is 1. The molecule has 152 valence electrons. The van der Waals surface area contributed by atoms with Crippen molar-refractivity contribution >= 4 is 35.8 Å². The molecule has 2 rings (SSSR count). The van der Waals surface area contributed by atoms with Gasteiger partial charge in [-0.25, -0.2) is 0 Å². The highest BCUT2D eigenvalue weighted by Gasteiger charge is 2.31. The molecular formula is C19H38IN5O. The van der Waals surface area contributed by atoms with Crippen LogP contribution in [0, 0.1) is 5.41 Å². The van der Waals surface area contributed by atoms with Crippen LogP contribution in [0.15, 0.2) is 4.99 Å². The molecule has 0 aromatic carbocycles. The molecule has 0 bridgehead atoms. The van der Waals surface area contributed by atoms with Gasteiger partial charge in [0.25, 0.3) is 0 Å². The minimum atomic E-state index is 0. The summed E-state index contributed by atoms with van der Waals surface area (Å²) in [6, 6.07) is 0. The average Bonchev–Trinajstić information content (AvgIpc) is 2.59. The number of nitrogens with one attached hydrogen (secondary N) is 1. The molecule has 0 saturated carbocycles. The zero-order chi connectivity index (χ0) is 18.3. The van der Waals surface area contributed by atoms with E-state index in [4.69, 9.17) is 0 Å². The molecule has 0 aromatic heterocycles. The lowest BCUT2D eigenvalue weighted by molar-refractivity contribution is -0.130. The molecule has 7 heteroatoms. The van der Waals surface area contributed by atoms with Crippen LogP contribution in [-0.2, 0) is 4.79 Å². The molecule has 2 aliphatic rings. The zero-order valence-electron chi connectivity index (χ0n) is 17.1. The van der Waals surface area contributed by atoms with Crippen LogP contribution < -0.4 is 5.32 Å². The van der Waals surface area contributed by atoms with Gasteiger partial charge < -0.3 is 15.1 Å².